The van der Waals surface area contributed by atoms with E-state index in [2.05, 4.69) is 5.32 Å². The molecule has 0 aromatic heterocycles. The van der Waals surface area contributed by atoms with E-state index in [1.54, 1.807) is 31.2 Å². The third-order valence-corrected chi connectivity index (χ3v) is 7.11. The molecular weight excluding hydrogens is 469 g/mol. The number of nitrogens with one attached hydrogen (secondary N) is 1. The molecule has 0 unspecified atom stereocenters. The lowest BCUT2D eigenvalue weighted by atomic mass is 10.1. The fourth-order valence-corrected chi connectivity index (χ4v) is 4.51. The zero-order valence-corrected chi connectivity index (χ0v) is 21.9. The van der Waals surface area contributed by atoms with E-state index in [0.29, 0.717) is 17.7 Å². The van der Waals surface area contributed by atoms with E-state index >= 15 is 0 Å². The predicted molar refractivity (Wildman–Crippen MR) is 137 cm³/mol. The molecule has 0 saturated heterocycles. The molecule has 0 heterocycles. The Labute approximate surface area is 208 Å². The van der Waals surface area contributed by atoms with E-state index in [9.17, 15) is 22.4 Å². The third kappa shape index (κ3) is 8.06. The van der Waals surface area contributed by atoms with Gasteiger partial charge in [0.1, 0.15) is 18.4 Å². The van der Waals surface area contributed by atoms with E-state index < -0.39 is 34.3 Å². The lowest BCUT2D eigenvalue weighted by Crippen LogP contribution is -2.53. The third-order valence-electron chi connectivity index (χ3n) is 5.96. The Morgan fingerprint density at radius 2 is 1.51 bits per heavy atom. The van der Waals surface area contributed by atoms with Gasteiger partial charge in [0.15, 0.2) is 0 Å². The first kappa shape index (κ1) is 28.3. The highest BCUT2D eigenvalue weighted by molar-refractivity contribution is 7.92. The van der Waals surface area contributed by atoms with Crippen LogP contribution in [0.4, 0.5) is 10.1 Å². The van der Waals surface area contributed by atoms with Crippen LogP contribution in [0.3, 0.4) is 0 Å². The van der Waals surface area contributed by atoms with Crippen molar-refractivity contribution in [3.05, 3.63) is 65.5 Å². The summed E-state index contributed by atoms with van der Waals surface area (Å²) in [6.45, 7) is 7.19. The number of carbonyl (C=O) groups excluding carboxylic acids is 2. The van der Waals surface area contributed by atoms with Crippen LogP contribution in [0.25, 0.3) is 0 Å². The molecule has 2 amide bonds. The summed E-state index contributed by atoms with van der Waals surface area (Å²) in [5, 5.41) is 2.91. The summed E-state index contributed by atoms with van der Waals surface area (Å²) in [7, 11) is -3.78. The molecule has 0 bridgehead atoms. The van der Waals surface area contributed by atoms with Gasteiger partial charge >= 0.3 is 0 Å². The fraction of sp³-hybridized carbons (Fsp3) is 0.462. The average molecular weight is 506 g/mol. The fourth-order valence-electron chi connectivity index (χ4n) is 3.66. The summed E-state index contributed by atoms with van der Waals surface area (Å²) < 4.78 is 39.8. The summed E-state index contributed by atoms with van der Waals surface area (Å²) >= 11 is 0. The van der Waals surface area contributed by atoms with Crippen molar-refractivity contribution in [2.24, 2.45) is 0 Å². The van der Waals surface area contributed by atoms with Gasteiger partial charge in [-0.15, -0.1) is 0 Å². The van der Waals surface area contributed by atoms with Crippen molar-refractivity contribution in [2.45, 2.75) is 65.6 Å². The van der Waals surface area contributed by atoms with E-state index in [0.717, 1.165) is 29.0 Å². The van der Waals surface area contributed by atoms with Gasteiger partial charge in [0.05, 0.1) is 11.9 Å². The van der Waals surface area contributed by atoms with Crippen molar-refractivity contribution in [1.82, 2.24) is 10.2 Å². The number of sulfonamides is 1. The zero-order chi connectivity index (χ0) is 26.2. The van der Waals surface area contributed by atoms with Crippen LogP contribution in [0.1, 0.15) is 51.7 Å². The summed E-state index contributed by atoms with van der Waals surface area (Å²) in [5.74, 6) is -1.24. The van der Waals surface area contributed by atoms with Crippen LogP contribution in [-0.4, -0.2) is 50.0 Å². The Balaban J connectivity index is 2.42. The summed E-state index contributed by atoms with van der Waals surface area (Å²) in [4.78, 5) is 28.0. The molecule has 1 N–H and O–H groups in total. The van der Waals surface area contributed by atoms with Crippen LogP contribution in [0.15, 0.2) is 48.5 Å². The molecule has 2 aromatic rings. The minimum absolute atomic E-state index is 0.0396. The first-order chi connectivity index (χ1) is 16.5. The maximum absolute atomic E-state index is 13.6. The predicted octanol–water partition coefficient (Wildman–Crippen LogP) is 3.88. The summed E-state index contributed by atoms with van der Waals surface area (Å²) in [6.07, 6.45) is 2.90. The highest BCUT2D eigenvalue weighted by Crippen LogP contribution is 2.21. The number of carbonyl (C=O) groups is 2. The molecule has 2 aromatic carbocycles. The van der Waals surface area contributed by atoms with Crippen molar-refractivity contribution >= 4 is 27.5 Å². The van der Waals surface area contributed by atoms with Crippen LogP contribution in [0, 0.1) is 5.82 Å². The molecule has 0 saturated carbocycles. The van der Waals surface area contributed by atoms with E-state index in [1.165, 1.54) is 17.0 Å². The summed E-state index contributed by atoms with van der Waals surface area (Å²) in [5.41, 5.74) is 2.05. The molecule has 2 rings (SSSR count). The number of amides is 2. The standard InChI is InChI=1S/C26H36FN3O4S/c1-6-19(4)28-26(32)24(8-3)29(17-21-9-13-22(27)14-10-21)25(31)18-30(35(5,33)34)23-15-11-20(7-2)12-16-23/h9-16,19,24H,6-8,17-18H2,1-5H3,(H,28,32)/t19-,24-/m1/s1. The second kappa shape index (κ2) is 12.7. The normalized spacial score (nSPS) is 13.1. The smallest absolute Gasteiger partial charge is 0.244 e. The number of halogens is 1. The van der Waals surface area contributed by atoms with E-state index in [-0.39, 0.29) is 18.5 Å². The van der Waals surface area contributed by atoms with Crippen molar-refractivity contribution in [3.8, 4) is 0 Å². The molecule has 0 aliphatic rings. The van der Waals surface area contributed by atoms with E-state index in [4.69, 9.17) is 0 Å². The number of benzene rings is 2. The average Bonchev–Trinajstić information content (AvgIpc) is 2.82. The summed E-state index contributed by atoms with van der Waals surface area (Å²) in [6, 6.07) is 11.8. The van der Waals surface area contributed by atoms with Crippen molar-refractivity contribution in [1.29, 1.82) is 0 Å². The van der Waals surface area contributed by atoms with Crippen LogP contribution in [0.5, 0.6) is 0 Å². The number of hydrogen-bond donors (Lipinski definition) is 1. The van der Waals surface area contributed by atoms with Crippen LogP contribution in [0.2, 0.25) is 0 Å². The number of aryl methyl sites for hydroxylation is 1. The minimum Gasteiger partial charge on any atom is -0.352 e. The number of nitrogens with zero attached hydrogens (tertiary/aromatic N) is 2. The minimum atomic E-state index is -3.78. The lowest BCUT2D eigenvalue weighted by molar-refractivity contribution is -0.140. The SMILES string of the molecule is CCc1ccc(N(CC(=O)N(Cc2ccc(F)cc2)[C@H](CC)C(=O)N[C@H](C)CC)S(C)(=O)=O)cc1. The van der Waals surface area contributed by atoms with Gasteiger partial charge in [-0.1, -0.05) is 45.0 Å². The second-order valence-corrected chi connectivity index (χ2v) is 10.6. The highest BCUT2D eigenvalue weighted by atomic mass is 32.2. The van der Waals surface area contributed by atoms with Gasteiger partial charge in [-0.05, 0) is 61.6 Å². The van der Waals surface area contributed by atoms with Gasteiger partial charge in [-0.2, -0.15) is 0 Å². The molecule has 35 heavy (non-hydrogen) atoms. The number of rotatable bonds is 12. The van der Waals surface area contributed by atoms with Crippen molar-refractivity contribution in [2.75, 3.05) is 17.1 Å². The van der Waals surface area contributed by atoms with Gasteiger partial charge in [-0.3, -0.25) is 13.9 Å². The molecular formula is C26H36FN3O4S. The Bertz CT molecular complexity index is 1090. The molecule has 0 radical (unpaired) electrons. The Kier molecular flexibility index (Phi) is 10.2. The first-order valence-corrected chi connectivity index (χ1v) is 13.8. The quantitative estimate of drug-likeness (QED) is 0.474. The number of anilines is 1. The lowest BCUT2D eigenvalue weighted by Gasteiger charge is -2.33. The van der Waals surface area contributed by atoms with Gasteiger partial charge in [0.25, 0.3) is 0 Å². The molecule has 9 heteroatoms. The van der Waals surface area contributed by atoms with Gasteiger partial charge in [-0.25, -0.2) is 12.8 Å². The van der Waals surface area contributed by atoms with Gasteiger partial charge in [0.2, 0.25) is 21.8 Å². The largest absolute Gasteiger partial charge is 0.352 e. The Morgan fingerprint density at radius 3 is 2.00 bits per heavy atom. The maximum Gasteiger partial charge on any atom is 0.244 e. The molecule has 0 aliphatic heterocycles. The Morgan fingerprint density at radius 1 is 0.943 bits per heavy atom. The highest BCUT2D eigenvalue weighted by Gasteiger charge is 2.32. The van der Waals surface area contributed by atoms with E-state index in [1.807, 2.05) is 32.9 Å². The van der Waals surface area contributed by atoms with Crippen LogP contribution < -0.4 is 9.62 Å². The first-order valence-electron chi connectivity index (χ1n) is 11.9. The molecule has 192 valence electrons. The van der Waals surface area contributed by atoms with Crippen molar-refractivity contribution in [3.63, 3.8) is 0 Å². The molecule has 2 atom stereocenters. The Hall–Kier alpha value is -2.94. The maximum atomic E-state index is 13.6. The monoisotopic (exact) mass is 505 g/mol. The van der Waals surface area contributed by atoms with Crippen molar-refractivity contribution < 1.29 is 22.4 Å². The molecule has 7 nitrogen and oxygen atoms in total. The molecule has 0 fully saturated rings. The van der Waals surface area contributed by atoms with Crippen LogP contribution >= 0.6 is 0 Å². The zero-order valence-electron chi connectivity index (χ0n) is 21.1. The molecule has 0 spiro atoms. The number of hydrogen-bond acceptors (Lipinski definition) is 4. The van der Waals surface area contributed by atoms with Gasteiger partial charge in [0, 0.05) is 12.6 Å². The topological polar surface area (TPSA) is 86.8 Å². The second-order valence-electron chi connectivity index (χ2n) is 8.68. The van der Waals surface area contributed by atoms with Crippen LogP contribution in [-0.2, 0) is 32.6 Å². The van der Waals surface area contributed by atoms with Gasteiger partial charge < -0.3 is 10.2 Å². The molecule has 0 aliphatic carbocycles.